The highest BCUT2D eigenvalue weighted by atomic mass is 15.1. The van der Waals surface area contributed by atoms with Crippen LogP contribution < -0.4 is 4.90 Å². The van der Waals surface area contributed by atoms with Gasteiger partial charge < -0.3 is 4.90 Å². The first kappa shape index (κ1) is 8.11. The molecule has 1 nitrogen and oxygen atoms in total. The Hall–Kier alpha value is -1.50. The highest BCUT2D eigenvalue weighted by molar-refractivity contribution is 5.62. The van der Waals surface area contributed by atoms with Gasteiger partial charge in [0, 0.05) is 18.4 Å². The number of hydrogen-bond acceptors (Lipinski definition) is 1. The van der Waals surface area contributed by atoms with Crippen LogP contribution in [0.25, 0.3) is 0 Å². The zero-order chi connectivity index (χ0) is 9.26. The number of anilines is 1. The first-order valence-corrected chi connectivity index (χ1v) is 4.47. The molecule has 0 saturated carbocycles. The Morgan fingerprint density at radius 3 is 2.92 bits per heavy atom. The van der Waals surface area contributed by atoms with E-state index in [9.17, 15) is 0 Å². The van der Waals surface area contributed by atoms with Crippen LogP contribution in [0.1, 0.15) is 5.56 Å². The van der Waals surface area contributed by atoms with E-state index < -0.39 is 0 Å². The quantitative estimate of drug-likeness (QED) is 0.628. The van der Waals surface area contributed by atoms with E-state index >= 15 is 0 Å². The molecular formula is C12H13N. The Morgan fingerprint density at radius 1 is 1.38 bits per heavy atom. The van der Waals surface area contributed by atoms with E-state index in [2.05, 4.69) is 48.9 Å². The number of rotatable bonds is 1. The second-order valence-electron chi connectivity index (χ2n) is 3.22. The van der Waals surface area contributed by atoms with Crippen molar-refractivity contribution in [3.63, 3.8) is 0 Å². The van der Waals surface area contributed by atoms with E-state index in [1.165, 1.54) is 16.9 Å². The van der Waals surface area contributed by atoms with E-state index in [0.29, 0.717) is 0 Å². The molecular weight excluding hydrogens is 158 g/mol. The average molecular weight is 171 g/mol. The molecule has 0 aromatic heterocycles. The van der Waals surface area contributed by atoms with Crippen LogP contribution in [0.2, 0.25) is 0 Å². The van der Waals surface area contributed by atoms with Gasteiger partial charge in [-0.25, -0.2) is 0 Å². The zero-order valence-corrected chi connectivity index (χ0v) is 7.83. The number of hydrogen-bond donors (Lipinski definition) is 0. The number of nitrogens with zero attached hydrogens (tertiary/aromatic N) is 1. The van der Waals surface area contributed by atoms with Crippen LogP contribution in [0.5, 0.6) is 0 Å². The van der Waals surface area contributed by atoms with Gasteiger partial charge in [0.15, 0.2) is 0 Å². The van der Waals surface area contributed by atoms with Gasteiger partial charge in [0.1, 0.15) is 0 Å². The molecule has 0 saturated heterocycles. The zero-order valence-electron chi connectivity index (χ0n) is 7.83. The summed E-state index contributed by atoms with van der Waals surface area (Å²) in [6, 6.07) is 8.47. The normalized spacial score (nSPS) is 14.8. The summed E-state index contributed by atoms with van der Waals surface area (Å²) in [6.45, 7) is 3.80. The highest BCUT2D eigenvalue weighted by Gasteiger charge is 2.12. The lowest BCUT2D eigenvalue weighted by atomic mass is 10.0. The van der Waals surface area contributed by atoms with Gasteiger partial charge in [-0.05, 0) is 24.1 Å². The largest absolute Gasteiger partial charge is 0.345 e. The second kappa shape index (κ2) is 3.09. The molecule has 0 fully saturated rings. The van der Waals surface area contributed by atoms with Crippen molar-refractivity contribution in [2.24, 2.45) is 0 Å². The molecule has 0 amide bonds. The molecule has 0 spiro atoms. The summed E-state index contributed by atoms with van der Waals surface area (Å²) < 4.78 is 0. The molecule has 0 bridgehead atoms. The first-order chi connectivity index (χ1) is 6.33. The molecule has 13 heavy (non-hydrogen) atoms. The third kappa shape index (κ3) is 1.26. The Kier molecular flexibility index (Phi) is 1.93. The molecule has 1 heterocycles. The molecule has 1 heteroatoms. The van der Waals surface area contributed by atoms with Gasteiger partial charge in [-0.3, -0.25) is 0 Å². The van der Waals surface area contributed by atoms with Crippen molar-refractivity contribution in [2.45, 2.75) is 6.42 Å². The second-order valence-corrected chi connectivity index (χ2v) is 3.22. The topological polar surface area (TPSA) is 3.24 Å². The van der Waals surface area contributed by atoms with Crippen molar-refractivity contribution < 1.29 is 0 Å². The minimum atomic E-state index is 1.02. The summed E-state index contributed by atoms with van der Waals surface area (Å²) in [7, 11) is 2.07. The molecule has 0 radical (unpaired) electrons. The molecule has 2 rings (SSSR count). The minimum absolute atomic E-state index is 1.02. The number of benzene rings is 1. The Bertz CT molecular complexity index is 363. The van der Waals surface area contributed by atoms with Crippen LogP contribution in [-0.4, -0.2) is 7.05 Å². The molecule has 0 N–H and O–H groups in total. The average Bonchev–Trinajstić information content (AvgIpc) is 2.19. The van der Waals surface area contributed by atoms with Crippen LogP contribution in [0.15, 0.2) is 48.7 Å². The van der Waals surface area contributed by atoms with E-state index in [1.807, 2.05) is 6.08 Å². The number of allylic oxidation sites excluding steroid dienone is 2. The van der Waals surface area contributed by atoms with E-state index in [0.717, 1.165) is 6.42 Å². The van der Waals surface area contributed by atoms with Crippen LogP contribution in [-0.2, 0) is 6.42 Å². The number of likely N-dealkylation sites (N-methyl/N-ethyl adjacent to an activating group) is 1. The fourth-order valence-electron chi connectivity index (χ4n) is 1.72. The van der Waals surface area contributed by atoms with Gasteiger partial charge in [0.2, 0.25) is 0 Å². The predicted octanol–water partition coefficient (Wildman–Crippen LogP) is 2.75. The van der Waals surface area contributed by atoms with Gasteiger partial charge in [-0.15, -0.1) is 0 Å². The van der Waals surface area contributed by atoms with Gasteiger partial charge in [-0.1, -0.05) is 30.9 Å². The SMILES string of the molecule is C=CC1=CCc2ccccc2N1C. The lowest BCUT2D eigenvalue weighted by Crippen LogP contribution is -2.19. The van der Waals surface area contributed by atoms with E-state index in [4.69, 9.17) is 0 Å². The van der Waals surface area contributed by atoms with Crippen molar-refractivity contribution in [2.75, 3.05) is 11.9 Å². The van der Waals surface area contributed by atoms with Crippen LogP contribution in [0.3, 0.4) is 0 Å². The molecule has 0 atom stereocenters. The smallest absolute Gasteiger partial charge is 0.0443 e. The standard InChI is InChI=1S/C12H13N/c1-3-11-9-8-10-6-4-5-7-12(10)13(11)2/h3-7,9H,1,8H2,2H3. The highest BCUT2D eigenvalue weighted by Crippen LogP contribution is 2.27. The van der Waals surface area contributed by atoms with Gasteiger partial charge in [-0.2, -0.15) is 0 Å². The fraction of sp³-hybridized carbons (Fsp3) is 0.167. The molecule has 1 aromatic carbocycles. The number of fused-ring (bicyclic) bond motifs is 1. The lowest BCUT2D eigenvalue weighted by Gasteiger charge is -2.27. The third-order valence-electron chi connectivity index (χ3n) is 2.48. The summed E-state index contributed by atoms with van der Waals surface area (Å²) >= 11 is 0. The summed E-state index contributed by atoms with van der Waals surface area (Å²) in [5.41, 5.74) is 3.87. The molecule has 1 aliphatic heterocycles. The molecule has 1 aliphatic rings. The van der Waals surface area contributed by atoms with Gasteiger partial charge in [0.25, 0.3) is 0 Å². The van der Waals surface area contributed by atoms with Crippen molar-refractivity contribution >= 4 is 5.69 Å². The monoisotopic (exact) mass is 171 g/mol. The summed E-state index contributed by atoms with van der Waals surface area (Å²) in [5.74, 6) is 0. The van der Waals surface area contributed by atoms with Crippen molar-refractivity contribution in [1.82, 2.24) is 0 Å². The fourth-order valence-corrected chi connectivity index (χ4v) is 1.72. The Balaban J connectivity index is 2.46. The van der Waals surface area contributed by atoms with Crippen molar-refractivity contribution in [3.8, 4) is 0 Å². The summed E-state index contributed by atoms with van der Waals surface area (Å²) in [5, 5.41) is 0. The van der Waals surface area contributed by atoms with Crippen molar-refractivity contribution in [3.05, 3.63) is 54.3 Å². The lowest BCUT2D eigenvalue weighted by molar-refractivity contribution is 1.04. The third-order valence-corrected chi connectivity index (χ3v) is 2.48. The van der Waals surface area contributed by atoms with Crippen molar-refractivity contribution in [1.29, 1.82) is 0 Å². The van der Waals surface area contributed by atoms with Crippen LogP contribution in [0, 0.1) is 0 Å². The minimum Gasteiger partial charge on any atom is -0.345 e. The maximum atomic E-state index is 3.80. The van der Waals surface area contributed by atoms with E-state index in [1.54, 1.807) is 0 Å². The number of para-hydroxylation sites is 1. The first-order valence-electron chi connectivity index (χ1n) is 4.47. The Morgan fingerprint density at radius 2 is 2.15 bits per heavy atom. The van der Waals surface area contributed by atoms with Gasteiger partial charge >= 0.3 is 0 Å². The van der Waals surface area contributed by atoms with Crippen LogP contribution >= 0.6 is 0 Å². The molecule has 1 aromatic rings. The Labute approximate surface area is 79.0 Å². The predicted molar refractivity (Wildman–Crippen MR) is 56.8 cm³/mol. The van der Waals surface area contributed by atoms with Crippen LogP contribution in [0.4, 0.5) is 5.69 Å². The maximum Gasteiger partial charge on any atom is 0.0443 e. The molecule has 0 unspecified atom stereocenters. The van der Waals surface area contributed by atoms with Gasteiger partial charge in [0.05, 0.1) is 0 Å². The summed E-state index contributed by atoms with van der Waals surface area (Å²) in [4.78, 5) is 2.17. The summed E-state index contributed by atoms with van der Waals surface area (Å²) in [6.07, 6.45) is 5.12. The maximum absolute atomic E-state index is 3.80. The molecule has 0 aliphatic carbocycles. The molecule has 66 valence electrons. The van der Waals surface area contributed by atoms with E-state index in [-0.39, 0.29) is 0 Å².